The first-order chi connectivity index (χ1) is 13.0. The van der Waals surface area contributed by atoms with Crippen LogP contribution in [0.25, 0.3) is 0 Å². The predicted octanol–water partition coefficient (Wildman–Crippen LogP) is 2.29. The highest BCUT2D eigenvalue weighted by Gasteiger charge is 2.17. The van der Waals surface area contributed by atoms with Crippen LogP contribution in [0.1, 0.15) is 10.4 Å². The third kappa shape index (κ3) is 5.01. The highest BCUT2D eigenvalue weighted by molar-refractivity contribution is 5.94. The molecule has 1 fully saturated rings. The van der Waals surface area contributed by atoms with E-state index in [1.807, 2.05) is 0 Å². The highest BCUT2D eigenvalue weighted by Crippen LogP contribution is 2.16. The molecule has 1 heterocycles. The normalized spacial score (nSPS) is 14.8. The van der Waals surface area contributed by atoms with Crippen LogP contribution in [0.5, 0.6) is 0 Å². The Hall–Kier alpha value is -3.00. The number of nitro groups is 1. The van der Waals surface area contributed by atoms with Crippen LogP contribution < -0.4 is 10.2 Å². The first kappa shape index (κ1) is 18.8. The minimum atomic E-state index is -0.493. The molecule has 1 aliphatic heterocycles. The summed E-state index contributed by atoms with van der Waals surface area (Å²) in [4.78, 5) is 26.7. The lowest BCUT2D eigenvalue weighted by atomic mass is 10.2. The molecule has 0 radical (unpaired) electrons. The van der Waals surface area contributed by atoms with Crippen molar-refractivity contribution in [3.8, 4) is 0 Å². The lowest BCUT2D eigenvalue weighted by molar-refractivity contribution is -0.384. The van der Waals surface area contributed by atoms with E-state index in [0.29, 0.717) is 12.1 Å². The number of nitrogens with zero attached hydrogens (tertiary/aromatic N) is 3. The van der Waals surface area contributed by atoms with Crippen LogP contribution in [0.4, 0.5) is 15.8 Å². The fourth-order valence-corrected chi connectivity index (χ4v) is 3.05. The zero-order valence-corrected chi connectivity index (χ0v) is 14.8. The Kier molecular flexibility index (Phi) is 5.97. The Morgan fingerprint density at radius 1 is 1.04 bits per heavy atom. The van der Waals surface area contributed by atoms with Gasteiger partial charge in [-0.25, -0.2) is 4.39 Å². The summed E-state index contributed by atoms with van der Waals surface area (Å²) in [6.45, 7) is 4.67. The zero-order chi connectivity index (χ0) is 19.2. The number of nitrogens with one attached hydrogen (secondary N) is 1. The van der Waals surface area contributed by atoms with E-state index in [1.54, 1.807) is 12.1 Å². The van der Waals surface area contributed by atoms with Crippen LogP contribution >= 0.6 is 0 Å². The first-order valence-corrected chi connectivity index (χ1v) is 8.78. The second kappa shape index (κ2) is 8.59. The molecular weight excluding hydrogens is 351 g/mol. The lowest BCUT2D eigenvalue weighted by Crippen LogP contribution is -2.48. The number of nitro benzene ring substituents is 1. The Balaban J connectivity index is 1.40. The van der Waals surface area contributed by atoms with Crippen molar-refractivity contribution in [3.05, 3.63) is 70.0 Å². The number of hydrogen-bond acceptors (Lipinski definition) is 5. The average molecular weight is 372 g/mol. The summed E-state index contributed by atoms with van der Waals surface area (Å²) in [6, 6.07) is 12.1. The van der Waals surface area contributed by atoms with Gasteiger partial charge >= 0.3 is 0 Å². The first-order valence-electron chi connectivity index (χ1n) is 8.78. The van der Waals surface area contributed by atoms with Crippen LogP contribution in [0.2, 0.25) is 0 Å². The van der Waals surface area contributed by atoms with Crippen molar-refractivity contribution < 1.29 is 14.1 Å². The number of carbonyl (C=O) groups excluding carboxylic acids is 1. The van der Waals surface area contributed by atoms with Gasteiger partial charge in [0.25, 0.3) is 11.6 Å². The molecule has 7 nitrogen and oxygen atoms in total. The molecule has 0 aromatic heterocycles. The van der Waals surface area contributed by atoms with Gasteiger partial charge in [0.05, 0.1) is 4.92 Å². The van der Waals surface area contributed by atoms with E-state index in [0.717, 1.165) is 38.4 Å². The number of carbonyl (C=O) groups is 1. The van der Waals surface area contributed by atoms with Crippen LogP contribution in [-0.2, 0) is 0 Å². The fraction of sp³-hybridized carbons (Fsp3) is 0.316. The van der Waals surface area contributed by atoms with Crippen molar-refractivity contribution in [3.63, 3.8) is 0 Å². The Bertz CT molecular complexity index is 788. The number of anilines is 1. The highest BCUT2D eigenvalue weighted by atomic mass is 19.1. The molecule has 2 aromatic rings. The van der Waals surface area contributed by atoms with Gasteiger partial charge in [0.15, 0.2) is 0 Å². The third-order valence-corrected chi connectivity index (χ3v) is 4.62. The summed E-state index contributed by atoms with van der Waals surface area (Å²) < 4.78 is 13.0. The van der Waals surface area contributed by atoms with E-state index in [-0.39, 0.29) is 17.4 Å². The SMILES string of the molecule is O=C(NCCN1CCN(c2ccc(F)cc2)CC1)c1ccc([N+](=O)[O-])cc1. The molecule has 8 heteroatoms. The molecule has 0 bridgehead atoms. The second-order valence-corrected chi connectivity index (χ2v) is 6.36. The van der Waals surface area contributed by atoms with E-state index in [4.69, 9.17) is 0 Å². The Morgan fingerprint density at radius 3 is 2.26 bits per heavy atom. The zero-order valence-electron chi connectivity index (χ0n) is 14.8. The molecule has 1 N–H and O–H groups in total. The number of non-ortho nitro benzene ring substituents is 1. The lowest BCUT2D eigenvalue weighted by Gasteiger charge is -2.36. The summed E-state index contributed by atoms with van der Waals surface area (Å²) in [5.74, 6) is -0.476. The van der Waals surface area contributed by atoms with Gasteiger partial charge in [0.2, 0.25) is 0 Å². The largest absolute Gasteiger partial charge is 0.369 e. The molecule has 1 aliphatic rings. The van der Waals surface area contributed by atoms with E-state index in [9.17, 15) is 19.3 Å². The number of rotatable bonds is 6. The van der Waals surface area contributed by atoms with Gasteiger partial charge in [-0.3, -0.25) is 19.8 Å². The minimum absolute atomic E-state index is 0.0365. The number of amides is 1. The average Bonchev–Trinajstić information content (AvgIpc) is 2.69. The Labute approximate surface area is 156 Å². The summed E-state index contributed by atoms with van der Waals surface area (Å²) in [6.07, 6.45) is 0. The topological polar surface area (TPSA) is 78.7 Å². The number of halogens is 1. The van der Waals surface area contributed by atoms with Gasteiger partial charge in [0.1, 0.15) is 5.82 Å². The van der Waals surface area contributed by atoms with E-state index < -0.39 is 4.92 Å². The van der Waals surface area contributed by atoms with Crippen LogP contribution in [0.3, 0.4) is 0 Å². The van der Waals surface area contributed by atoms with Crippen molar-refractivity contribution in [2.75, 3.05) is 44.2 Å². The summed E-state index contributed by atoms with van der Waals surface area (Å²) in [5, 5.41) is 13.5. The maximum Gasteiger partial charge on any atom is 0.269 e. The number of piperazine rings is 1. The molecule has 3 rings (SSSR count). The predicted molar refractivity (Wildman–Crippen MR) is 100 cm³/mol. The van der Waals surface area contributed by atoms with Gasteiger partial charge in [-0.15, -0.1) is 0 Å². The molecular formula is C19H21FN4O3. The third-order valence-electron chi connectivity index (χ3n) is 4.62. The van der Waals surface area contributed by atoms with E-state index >= 15 is 0 Å². The molecule has 0 unspecified atom stereocenters. The van der Waals surface area contributed by atoms with Gasteiger partial charge in [-0.05, 0) is 36.4 Å². The minimum Gasteiger partial charge on any atom is -0.369 e. The van der Waals surface area contributed by atoms with Crippen molar-refractivity contribution >= 4 is 17.3 Å². The molecule has 2 aromatic carbocycles. The molecule has 0 aliphatic carbocycles. The maximum absolute atomic E-state index is 13.0. The maximum atomic E-state index is 13.0. The van der Waals surface area contributed by atoms with Crippen molar-refractivity contribution in [1.82, 2.24) is 10.2 Å². The quantitative estimate of drug-likeness (QED) is 0.622. The van der Waals surface area contributed by atoms with E-state index in [1.165, 1.54) is 36.4 Å². The molecule has 1 amide bonds. The van der Waals surface area contributed by atoms with Crippen LogP contribution in [0, 0.1) is 15.9 Å². The second-order valence-electron chi connectivity index (χ2n) is 6.36. The molecule has 27 heavy (non-hydrogen) atoms. The van der Waals surface area contributed by atoms with Crippen molar-refractivity contribution in [2.24, 2.45) is 0 Å². The summed E-state index contributed by atoms with van der Waals surface area (Å²) in [5.41, 5.74) is 1.38. The fourth-order valence-electron chi connectivity index (χ4n) is 3.05. The number of hydrogen-bond donors (Lipinski definition) is 1. The molecule has 142 valence electrons. The van der Waals surface area contributed by atoms with Gasteiger partial charge < -0.3 is 10.2 Å². The number of benzene rings is 2. The van der Waals surface area contributed by atoms with Gasteiger partial charge in [0, 0.05) is 62.7 Å². The summed E-state index contributed by atoms with van der Waals surface area (Å²) in [7, 11) is 0. The smallest absolute Gasteiger partial charge is 0.269 e. The van der Waals surface area contributed by atoms with Crippen molar-refractivity contribution in [1.29, 1.82) is 0 Å². The van der Waals surface area contributed by atoms with E-state index in [2.05, 4.69) is 15.1 Å². The molecule has 0 saturated carbocycles. The van der Waals surface area contributed by atoms with Crippen molar-refractivity contribution in [2.45, 2.75) is 0 Å². The monoisotopic (exact) mass is 372 g/mol. The summed E-state index contributed by atoms with van der Waals surface area (Å²) >= 11 is 0. The molecule has 1 saturated heterocycles. The molecule has 0 spiro atoms. The Morgan fingerprint density at radius 2 is 1.67 bits per heavy atom. The van der Waals surface area contributed by atoms with Gasteiger partial charge in [-0.1, -0.05) is 0 Å². The standard InChI is InChI=1S/C19H21FN4O3/c20-16-3-7-17(8-4-16)23-13-11-22(12-14-23)10-9-21-19(25)15-1-5-18(6-2-15)24(26)27/h1-8H,9-14H2,(H,21,25). The van der Waals surface area contributed by atoms with Gasteiger partial charge in [-0.2, -0.15) is 0 Å². The van der Waals surface area contributed by atoms with Crippen LogP contribution in [0.15, 0.2) is 48.5 Å². The molecule has 0 atom stereocenters. The van der Waals surface area contributed by atoms with Crippen LogP contribution in [-0.4, -0.2) is 55.0 Å².